The Morgan fingerprint density at radius 1 is 0.919 bits per heavy atom. The Morgan fingerprint density at radius 3 is 2.68 bits per heavy atom. The predicted molar refractivity (Wildman–Crippen MR) is 141 cm³/mol. The lowest BCUT2D eigenvalue weighted by atomic mass is 9.98. The molecule has 3 aromatic carbocycles. The van der Waals surface area contributed by atoms with Crippen molar-refractivity contribution >= 4 is 27.9 Å². The van der Waals surface area contributed by atoms with Crippen LogP contribution >= 0.6 is 0 Å². The molecule has 0 amide bonds. The first-order valence-corrected chi connectivity index (χ1v) is 12.2. The third-order valence-corrected chi connectivity index (χ3v) is 6.26. The van der Waals surface area contributed by atoms with E-state index in [0.717, 1.165) is 49.8 Å². The molecule has 0 saturated heterocycles. The number of rotatable bonds is 11. The fraction of sp³-hybridized carbons (Fsp3) is 0.233. The van der Waals surface area contributed by atoms with Crippen molar-refractivity contribution in [3.8, 4) is 16.9 Å². The van der Waals surface area contributed by atoms with Gasteiger partial charge in [-0.3, -0.25) is 4.79 Å². The van der Waals surface area contributed by atoms with Crippen molar-refractivity contribution in [1.82, 2.24) is 0 Å². The second-order valence-corrected chi connectivity index (χ2v) is 8.77. The van der Waals surface area contributed by atoms with Gasteiger partial charge < -0.3 is 28.8 Å². The highest BCUT2D eigenvalue weighted by Crippen LogP contribution is 2.37. The van der Waals surface area contributed by atoms with Crippen LogP contribution in [-0.2, 0) is 33.8 Å². The van der Waals surface area contributed by atoms with E-state index >= 15 is 0 Å². The van der Waals surface area contributed by atoms with E-state index in [2.05, 4.69) is 6.07 Å². The lowest BCUT2D eigenvalue weighted by molar-refractivity contribution is -0.143. The molecule has 5 rings (SSSR count). The fourth-order valence-corrected chi connectivity index (χ4v) is 4.46. The zero-order valence-electron chi connectivity index (χ0n) is 20.7. The Hall–Kier alpha value is -4.07. The van der Waals surface area contributed by atoms with Gasteiger partial charge in [-0.25, -0.2) is 0 Å². The molecule has 7 nitrogen and oxygen atoms in total. The first kappa shape index (κ1) is 24.6. The summed E-state index contributed by atoms with van der Waals surface area (Å²) in [7, 11) is 1.62. The van der Waals surface area contributed by atoms with Crippen molar-refractivity contribution in [3.63, 3.8) is 0 Å². The number of hydrogen-bond donors (Lipinski definition) is 1. The smallest absolute Gasteiger partial charge is 0.310 e. The minimum Gasteiger partial charge on any atom is -0.489 e. The first-order valence-electron chi connectivity index (χ1n) is 12.2. The second kappa shape index (κ2) is 11.3. The molecule has 37 heavy (non-hydrogen) atoms. The zero-order valence-corrected chi connectivity index (χ0v) is 20.7. The SMILES string of the molecule is COCCCOC(=O)Cc1ccccc1OCc1cc(-c2cccc3c(CN)coc23)c2occc2c1. The average molecular weight is 500 g/mol. The Balaban J connectivity index is 1.39. The van der Waals surface area contributed by atoms with E-state index < -0.39 is 0 Å². The second-order valence-electron chi connectivity index (χ2n) is 8.77. The van der Waals surface area contributed by atoms with Gasteiger partial charge in [-0.15, -0.1) is 0 Å². The van der Waals surface area contributed by atoms with Gasteiger partial charge in [-0.2, -0.15) is 0 Å². The molecule has 5 aromatic rings. The molecule has 2 N–H and O–H groups in total. The summed E-state index contributed by atoms with van der Waals surface area (Å²) in [6.07, 6.45) is 4.19. The molecule has 0 saturated carbocycles. The maximum absolute atomic E-state index is 12.3. The molecular formula is C30H29NO6. The van der Waals surface area contributed by atoms with E-state index in [4.69, 9.17) is 28.8 Å². The lowest BCUT2D eigenvalue weighted by Crippen LogP contribution is -2.11. The topological polar surface area (TPSA) is 97.1 Å². The van der Waals surface area contributed by atoms with E-state index in [-0.39, 0.29) is 12.4 Å². The summed E-state index contributed by atoms with van der Waals surface area (Å²) in [6, 6.07) is 19.6. The summed E-state index contributed by atoms with van der Waals surface area (Å²) >= 11 is 0. The molecule has 190 valence electrons. The average Bonchev–Trinajstić information content (AvgIpc) is 3.57. The number of furan rings is 2. The van der Waals surface area contributed by atoms with Gasteiger partial charge >= 0.3 is 5.97 Å². The van der Waals surface area contributed by atoms with Crippen molar-refractivity contribution < 1.29 is 27.8 Å². The Kier molecular flexibility index (Phi) is 7.54. The largest absolute Gasteiger partial charge is 0.489 e. The van der Waals surface area contributed by atoms with Crippen LogP contribution in [0.25, 0.3) is 33.1 Å². The van der Waals surface area contributed by atoms with E-state index in [9.17, 15) is 4.79 Å². The third-order valence-electron chi connectivity index (χ3n) is 6.26. The number of fused-ring (bicyclic) bond motifs is 2. The predicted octanol–water partition coefficient (Wildman–Crippen LogP) is 6.01. The first-order chi connectivity index (χ1) is 18.2. The summed E-state index contributed by atoms with van der Waals surface area (Å²) in [4.78, 5) is 12.3. The van der Waals surface area contributed by atoms with E-state index in [1.807, 2.05) is 54.6 Å². The van der Waals surface area contributed by atoms with Gasteiger partial charge in [0.2, 0.25) is 0 Å². The van der Waals surface area contributed by atoms with Crippen LogP contribution in [-0.4, -0.2) is 26.3 Å². The van der Waals surface area contributed by atoms with Crippen LogP contribution in [0.15, 0.2) is 82.0 Å². The van der Waals surface area contributed by atoms with Crippen LogP contribution in [0, 0.1) is 0 Å². The van der Waals surface area contributed by atoms with Gasteiger partial charge in [-0.05, 0) is 29.8 Å². The molecular weight excluding hydrogens is 470 g/mol. The van der Waals surface area contributed by atoms with Gasteiger partial charge in [0.05, 0.1) is 25.6 Å². The molecule has 2 heterocycles. The van der Waals surface area contributed by atoms with E-state index in [0.29, 0.717) is 38.5 Å². The van der Waals surface area contributed by atoms with Crippen LogP contribution in [0.2, 0.25) is 0 Å². The van der Waals surface area contributed by atoms with Crippen molar-refractivity contribution in [2.24, 2.45) is 5.73 Å². The number of carbonyl (C=O) groups excluding carboxylic acids is 1. The molecule has 0 unspecified atom stereocenters. The summed E-state index contributed by atoms with van der Waals surface area (Å²) in [5.41, 5.74) is 12.0. The summed E-state index contributed by atoms with van der Waals surface area (Å²) in [5, 5.41) is 1.95. The molecule has 0 aliphatic rings. The van der Waals surface area contributed by atoms with E-state index in [1.54, 1.807) is 19.6 Å². The maximum atomic E-state index is 12.3. The van der Waals surface area contributed by atoms with Gasteiger partial charge in [0.25, 0.3) is 0 Å². The van der Waals surface area contributed by atoms with E-state index in [1.165, 1.54) is 0 Å². The molecule has 0 aliphatic carbocycles. The molecule has 0 atom stereocenters. The third kappa shape index (κ3) is 5.38. The van der Waals surface area contributed by atoms with Crippen LogP contribution in [0.4, 0.5) is 0 Å². The normalized spacial score (nSPS) is 11.3. The fourth-order valence-electron chi connectivity index (χ4n) is 4.46. The van der Waals surface area contributed by atoms with Crippen LogP contribution in [0.1, 0.15) is 23.1 Å². The highest BCUT2D eigenvalue weighted by molar-refractivity contribution is 6.02. The molecule has 0 spiro atoms. The number of nitrogens with two attached hydrogens (primary N) is 1. The summed E-state index contributed by atoms with van der Waals surface area (Å²) < 4.78 is 28.3. The van der Waals surface area contributed by atoms with Crippen LogP contribution in [0.5, 0.6) is 5.75 Å². The Morgan fingerprint density at radius 2 is 1.81 bits per heavy atom. The number of para-hydroxylation sites is 2. The standard InChI is InChI=1S/C30H29NO6/c1-33-11-5-12-34-28(32)16-21-6-2-3-9-27(21)36-18-20-14-22-10-13-35-29(22)26(15-20)25-8-4-7-24-23(17-31)19-37-30(24)25/h2-4,6-10,13-15,19H,5,11-12,16-18,31H2,1H3. The number of ether oxygens (including phenoxy) is 3. The van der Waals surface area contributed by atoms with Crippen molar-refractivity contribution in [2.75, 3.05) is 20.3 Å². The Bertz CT molecular complexity index is 1520. The summed E-state index contributed by atoms with van der Waals surface area (Å²) in [6.45, 7) is 1.60. The highest BCUT2D eigenvalue weighted by Gasteiger charge is 2.16. The van der Waals surface area contributed by atoms with Crippen molar-refractivity contribution in [1.29, 1.82) is 0 Å². The van der Waals surface area contributed by atoms with Gasteiger partial charge in [0.15, 0.2) is 0 Å². The number of esters is 1. The van der Waals surface area contributed by atoms with Crippen molar-refractivity contribution in [3.05, 3.63) is 89.9 Å². The van der Waals surface area contributed by atoms with Crippen LogP contribution in [0.3, 0.4) is 0 Å². The molecule has 7 heteroatoms. The molecule has 0 bridgehead atoms. The zero-order chi connectivity index (χ0) is 25.6. The number of benzene rings is 3. The maximum Gasteiger partial charge on any atom is 0.310 e. The number of carbonyl (C=O) groups is 1. The molecule has 2 aromatic heterocycles. The molecule has 0 aliphatic heterocycles. The number of methoxy groups -OCH3 is 1. The monoisotopic (exact) mass is 499 g/mol. The van der Waals surface area contributed by atoms with Crippen LogP contribution < -0.4 is 10.5 Å². The van der Waals surface area contributed by atoms with Gasteiger partial charge in [0.1, 0.15) is 23.5 Å². The molecule has 0 fully saturated rings. The lowest BCUT2D eigenvalue weighted by Gasteiger charge is -2.13. The van der Waals surface area contributed by atoms with Gasteiger partial charge in [0, 0.05) is 59.7 Å². The Labute approximate surface area is 214 Å². The molecule has 0 radical (unpaired) electrons. The summed E-state index contributed by atoms with van der Waals surface area (Å²) in [5.74, 6) is 0.351. The highest BCUT2D eigenvalue weighted by atomic mass is 16.5. The minimum absolute atomic E-state index is 0.138. The quantitative estimate of drug-likeness (QED) is 0.176. The van der Waals surface area contributed by atoms with Crippen molar-refractivity contribution in [2.45, 2.75) is 26.0 Å². The van der Waals surface area contributed by atoms with Gasteiger partial charge in [-0.1, -0.05) is 36.4 Å². The number of hydrogen-bond acceptors (Lipinski definition) is 7. The minimum atomic E-state index is -0.294.